The fraction of sp³-hybridized carbons (Fsp3) is 0.500. The van der Waals surface area contributed by atoms with Crippen molar-refractivity contribution >= 4 is 59.0 Å². The van der Waals surface area contributed by atoms with E-state index in [9.17, 15) is 9.00 Å². The summed E-state index contributed by atoms with van der Waals surface area (Å²) in [7, 11) is -3.27. The van der Waals surface area contributed by atoms with Gasteiger partial charge in [-0.3, -0.25) is 4.79 Å². The van der Waals surface area contributed by atoms with E-state index in [2.05, 4.69) is 36.2 Å². The molecule has 1 rings (SSSR count). The van der Waals surface area contributed by atoms with Gasteiger partial charge in [0.05, 0.1) is 10.5 Å². The summed E-state index contributed by atoms with van der Waals surface area (Å²) in [5.41, 5.74) is 5.76. The molecule has 0 aliphatic heterocycles. The fourth-order valence-corrected chi connectivity index (χ4v) is 5.41. The van der Waals surface area contributed by atoms with E-state index in [1.165, 1.54) is 11.3 Å². The second-order valence-electron chi connectivity index (χ2n) is 4.09. The molecular formula is C10H15Br2N3O2S2. The summed E-state index contributed by atoms with van der Waals surface area (Å²) in [5, 5.41) is 7.40. The van der Waals surface area contributed by atoms with Crippen LogP contribution in [0.1, 0.15) is 20.3 Å². The van der Waals surface area contributed by atoms with E-state index in [0.29, 0.717) is 8.68 Å². The summed E-state index contributed by atoms with van der Waals surface area (Å²) in [4.78, 5) is 11.9. The third kappa shape index (κ3) is 4.08. The van der Waals surface area contributed by atoms with E-state index in [-0.39, 0.29) is 5.92 Å². The van der Waals surface area contributed by atoms with Crippen molar-refractivity contribution in [3.8, 4) is 0 Å². The number of halogens is 2. The molecule has 0 aromatic carbocycles. The zero-order valence-electron chi connectivity index (χ0n) is 10.4. The Hall–Kier alpha value is 0.200. The van der Waals surface area contributed by atoms with Crippen molar-refractivity contribution in [1.82, 2.24) is 0 Å². The largest absolute Gasteiger partial charge is 0.320 e. The number of nitrogens with zero attached hydrogens (tertiary/aromatic N) is 1. The van der Waals surface area contributed by atoms with Crippen LogP contribution in [-0.2, 0) is 14.7 Å². The number of rotatable bonds is 4. The lowest BCUT2D eigenvalue weighted by molar-refractivity contribution is -0.119. The summed E-state index contributed by atoms with van der Waals surface area (Å²) in [6.45, 7) is 3.76. The molecule has 9 heteroatoms. The molecule has 108 valence electrons. The molecule has 1 aromatic rings. The first kappa shape index (κ1) is 17.3. The first-order valence-corrected chi connectivity index (χ1v) is 9.52. The molecule has 0 radical (unpaired) electrons. The molecule has 0 aliphatic carbocycles. The minimum absolute atomic E-state index is 0.0371. The van der Waals surface area contributed by atoms with E-state index in [1.54, 1.807) is 5.38 Å². The normalized spacial score (nSPS) is 17.6. The van der Waals surface area contributed by atoms with E-state index < -0.39 is 21.9 Å². The highest BCUT2D eigenvalue weighted by Gasteiger charge is 2.23. The summed E-state index contributed by atoms with van der Waals surface area (Å²) in [6, 6.07) is -0.781. The maximum atomic E-state index is 12.3. The van der Waals surface area contributed by atoms with Gasteiger partial charge in [0.1, 0.15) is 4.21 Å². The Morgan fingerprint density at radius 2 is 2.16 bits per heavy atom. The van der Waals surface area contributed by atoms with Gasteiger partial charge in [0.15, 0.2) is 9.92 Å². The third-order valence-electron chi connectivity index (χ3n) is 2.69. The molecule has 4 N–H and O–H groups in total. The van der Waals surface area contributed by atoms with Crippen LogP contribution in [0.15, 0.2) is 22.9 Å². The molecule has 1 aromatic heterocycles. The molecule has 5 nitrogen and oxygen atoms in total. The van der Waals surface area contributed by atoms with Gasteiger partial charge in [-0.05, 0) is 37.8 Å². The fourth-order valence-electron chi connectivity index (χ4n) is 1.24. The van der Waals surface area contributed by atoms with Crippen LogP contribution in [0.4, 0.5) is 0 Å². The molecule has 0 saturated carbocycles. The first-order chi connectivity index (χ1) is 8.70. The highest BCUT2D eigenvalue weighted by atomic mass is 79.9. The summed E-state index contributed by atoms with van der Waals surface area (Å²) in [6.07, 6.45) is 0.739. The zero-order chi connectivity index (χ0) is 14.8. The predicted octanol–water partition coefficient (Wildman–Crippen LogP) is 2.87. The number of hydrogen-bond acceptors (Lipinski definition) is 4. The molecule has 19 heavy (non-hydrogen) atoms. The van der Waals surface area contributed by atoms with Crippen molar-refractivity contribution in [3.63, 3.8) is 0 Å². The number of nitrogens with two attached hydrogens (primary N) is 2. The maximum Gasteiger partial charge on any atom is 0.272 e. The molecule has 1 heterocycles. The molecule has 1 unspecified atom stereocenters. The van der Waals surface area contributed by atoms with Crippen molar-refractivity contribution in [2.75, 3.05) is 0 Å². The number of thiophene rings is 1. The third-order valence-corrected chi connectivity index (χ3v) is 8.46. The van der Waals surface area contributed by atoms with Crippen molar-refractivity contribution < 1.29 is 9.00 Å². The lowest BCUT2D eigenvalue weighted by Crippen LogP contribution is -2.36. The number of carbonyl (C=O) groups is 1. The van der Waals surface area contributed by atoms with Crippen LogP contribution >= 0.6 is 43.2 Å². The monoisotopic (exact) mass is 431 g/mol. The van der Waals surface area contributed by atoms with Gasteiger partial charge in [-0.15, -0.1) is 15.7 Å². The van der Waals surface area contributed by atoms with Crippen molar-refractivity contribution in [3.05, 3.63) is 14.3 Å². The van der Waals surface area contributed by atoms with Crippen molar-refractivity contribution in [1.29, 1.82) is 0 Å². The molecule has 0 saturated heterocycles. The van der Waals surface area contributed by atoms with Gasteiger partial charge in [-0.25, -0.2) is 9.35 Å². The second-order valence-corrected chi connectivity index (χ2v) is 8.61. The Bertz CT molecular complexity index is 594. The minimum atomic E-state index is -3.27. The molecular weight excluding hydrogens is 418 g/mol. The average Bonchev–Trinajstić information content (AvgIpc) is 2.68. The topological polar surface area (TPSA) is 98.5 Å². The Labute approximate surface area is 133 Å². The van der Waals surface area contributed by atoms with Crippen LogP contribution in [0.2, 0.25) is 0 Å². The lowest BCUT2D eigenvalue weighted by Gasteiger charge is -2.14. The van der Waals surface area contributed by atoms with E-state index in [0.717, 1.165) is 10.9 Å². The predicted molar refractivity (Wildman–Crippen MR) is 85.2 cm³/mol. The lowest BCUT2D eigenvalue weighted by atomic mass is 10.00. The molecule has 3 atom stereocenters. The van der Waals surface area contributed by atoms with Crippen molar-refractivity contribution in [2.24, 2.45) is 21.2 Å². The standard InChI is InChI=1S/C10H15Br2N3O2S2/c1-3-5(2)8(13)9(16)15-19(14,17)10-7(12)6(11)4-18-10/h4-5,8H,3,13H2,1-2H3,(H2,14,15,16,17)/t5-,8-,19?/m0/s1. The van der Waals surface area contributed by atoms with E-state index >= 15 is 0 Å². The van der Waals surface area contributed by atoms with Crippen LogP contribution in [0.25, 0.3) is 0 Å². The number of hydrogen-bond donors (Lipinski definition) is 2. The Morgan fingerprint density at radius 3 is 2.58 bits per heavy atom. The van der Waals surface area contributed by atoms with Crippen LogP contribution in [0.5, 0.6) is 0 Å². The smallest absolute Gasteiger partial charge is 0.272 e. The summed E-state index contributed by atoms with van der Waals surface area (Å²) in [5.74, 6) is -0.664. The summed E-state index contributed by atoms with van der Waals surface area (Å²) >= 11 is 7.70. The SMILES string of the molecule is CC[C@H](C)[C@H](N)C(=O)N=S(N)(=O)c1scc(Br)c1Br. The molecule has 0 bridgehead atoms. The van der Waals surface area contributed by atoms with E-state index in [4.69, 9.17) is 10.9 Å². The van der Waals surface area contributed by atoms with Crippen LogP contribution in [0.3, 0.4) is 0 Å². The Kier molecular flexibility index (Phi) is 6.15. The summed E-state index contributed by atoms with van der Waals surface area (Å²) < 4.78 is 17.6. The molecule has 0 aliphatic rings. The first-order valence-electron chi connectivity index (χ1n) is 5.47. The zero-order valence-corrected chi connectivity index (χ0v) is 15.2. The second kappa shape index (κ2) is 6.77. The highest BCUT2D eigenvalue weighted by Crippen LogP contribution is 2.35. The van der Waals surface area contributed by atoms with Gasteiger partial charge < -0.3 is 5.73 Å². The van der Waals surface area contributed by atoms with Gasteiger partial charge in [0.25, 0.3) is 5.91 Å². The average molecular weight is 433 g/mol. The minimum Gasteiger partial charge on any atom is -0.320 e. The quantitative estimate of drug-likeness (QED) is 0.764. The molecule has 0 spiro atoms. The van der Waals surface area contributed by atoms with Crippen molar-refractivity contribution in [2.45, 2.75) is 30.5 Å². The number of amides is 1. The Morgan fingerprint density at radius 1 is 1.58 bits per heavy atom. The number of carbonyl (C=O) groups excluding carboxylic acids is 1. The van der Waals surface area contributed by atoms with Gasteiger partial charge in [0, 0.05) is 9.85 Å². The van der Waals surface area contributed by atoms with Gasteiger partial charge in [-0.2, -0.15) is 0 Å². The molecule has 0 fully saturated rings. The van der Waals surface area contributed by atoms with Crippen LogP contribution < -0.4 is 10.9 Å². The van der Waals surface area contributed by atoms with Gasteiger partial charge in [-0.1, -0.05) is 20.3 Å². The van der Waals surface area contributed by atoms with Crippen LogP contribution in [-0.4, -0.2) is 16.2 Å². The van der Waals surface area contributed by atoms with Gasteiger partial charge in [0.2, 0.25) is 0 Å². The van der Waals surface area contributed by atoms with Crippen LogP contribution in [0, 0.1) is 5.92 Å². The maximum absolute atomic E-state index is 12.3. The van der Waals surface area contributed by atoms with E-state index in [1.807, 2.05) is 13.8 Å². The highest BCUT2D eigenvalue weighted by molar-refractivity contribution is 9.13. The molecule has 1 amide bonds. The van der Waals surface area contributed by atoms with Gasteiger partial charge >= 0.3 is 0 Å². The Balaban J connectivity index is 3.13.